The summed E-state index contributed by atoms with van der Waals surface area (Å²) in [5.74, 6) is 2.17. The Balaban J connectivity index is 1.36. The van der Waals surface area contributed by atoms with Gasteiger partial charge >= 0.3 is 0 Å². The maximum atomic E-state index is 5.24. The van der Waals surface area contributed by atoms with Crippen LogP contribution >= 0.6 is 0 Å². The van der Waals surface area contributed by atoms with Crippen molar-refractivity contribution in [3.63, 3.8) is 0 Å². The predicted octanol–water partition coefficient (Wildman–Crippen LogP) is 2.95. The zero-order chi connectivity index (χ0) is 22.3. The van der Waals surface area contributed by atoms with Gasteiger partial charge in [-0.3, -0.25) is 4.68 Å². The highest BCUT2D eigenvalue weighted by Gasteiger charge is 2.16. The number of methoxy groups -OCH3 is 1. The molecule has 2 aromatic heterocycles. The fourth-order valence-corrected chi connectivity index (χ4v) is 4.06. The van der Waals surface area contributed by atoms with E-state index in [1.54, 1.807) is 18.0 Å². The van der Waals surface area contributed by atoms with Gasteiger partial charge in [-0.15, -0.1) is 0 Å². The van der Waals surface area contributed by atoms with Gasteiger partial charge in [0.05, 0.1) is 18.7 Å². The average molecular weight is 439 g/mol. The summed E-state index contributed by atoms with van der Waals surface area (Å²) < 4.78 is 7.02. The van der Waals surface area contributed by atoms with Crippen LogP contribution in [0, 0.1) is 0 Å². The molecule has 2 N–H and O–H groups in total. The molecule has 3 aromatic rings. The van der Waals surface area contributed by atoms with Gasteiger partial charge in [-0.2, -0.15) is 15.1 Å². The van der Waals surface area contributed by atoms with Crippen molar-refractivity contribution in [2.24, 2.45) is 7.05 Å². The van der Waals surface area contributed by atoms with E-state index in [0.29, 0.717) is 5.95 Å². The van der Waals surface area contributed by atoms with Crippen molar-refractivity contribution in [1.29, 1.82) is 0 Å². The Morgan fingerprint density at radius 1 is 1.00 bits per heavy atom. The third-order valence-electron chi connectivity index (χ3n) is 5.88. The molecule has 0 bridgehead atoms. The van der Waals surface area contributed by atoms with Gasteiger partial charge in [-0.05, 0) is 50.2 Å². The number of aryl methyl sites for hydroxylation is 1. The monoisotopic (exact) mass is 438 g/mol. The lowest BCUT2D eigenvalue weighted by Gasteiger charge is -2.34. The second-order valence-corrected chi connectivity index (χ2v) is 8.22. The van der Waals surface area contributed by atoms with Gasteiger partial charge in [-0.1, -0.05) is 6.92 Å². The second kappa shape index (κ2) is 10.6. The maximum Gasteiger partial charge on any atom is 0.226 e. The van der Waals surface area contributed by atoms with Gasteiger partial charge in [-0.25, -0.2) is 0 Å². The maximum absolute atomic E-state index is 5.24. The van der Waals surface area contributed by atoms with Crippen LogP contribution in [-0.4, -0.2) is 82.5 Å². The zero-order valence-electron chi connectivity index (χ0n) is 19.3. The number of aromatic nitrogens is 4. The summed E-state index contributed by atoms with van der Waals surface area (Å²) in [5, 5.41) is 12.0. The van der Waals surface area contributed by atoms with E-state index in [1.165, 1.54) is 26.1 Å². The number of anilines is 3. The normalized spacial score (nSPS) is 15.2. The van der Waals surface area contributed by atoms with Gasteiger partial charge < -0.3 is 25.2 Å². The van der Waals surface area contributed by atoms with E-state index in [-0.39, 0.29) is 0 Å². The summed E-state index contributed by atoms with van der Waals surface area (Å²) in [6, 6.07) is 7.78. The molecule has 0 unspecified atom stereocenters. The Morgan fingerprint density at radius 2 is 1.72 bits per heavy atom. The van der Waals surface area contributed by atoms with Crippen molar-refractivity contribution >= 4 is 28.5 Å². The quantitative estimate of drug-likeness (QED) is 0.468. The molecule has 32 heavy (non-hydrogen) atoms. The average Bonchev–Trinajstić information content (AvgIpc) is 3.19. The molecule has 0 spiro atoms. The molecule has 1 aliphatic rings. The highest BCUT2D eigenvalue weighted by atomic mass is 16.5. The number of fused-ring (bicyclic) bond motifs is 1. The van der Waals surface area contributed by atoms with E-state index >= 15 is 0 Å². The summed E-state index contributed by atoms with van der Waals surface area (Å²) >= 11 is 0. The molecule has 9 nitrogen and oxygen atoms in total. The van der Waals surface area contributed by atoms with Crippen LogP contribution in [0.2, 0.25) is 0 Å². The number of rotatable bonds is 10. The molecule has 172 valence electrons. The molecular formula is C23H34N8O. The third kappa shape index (κ3) is 5.46. The minimum absolute atomic E-state index is 0.616. The van der Waals surface area contributed by atoms with Crippen molar-refractivity contribution in [2.45, 2.75) is 19.8 Å². The van der Waals surface area contributed by atoms with Gasteiger partial charge in [0, 0.05) is 45.5 Å². The van der Waals surface area contributed by atoms with Crippen molar-refractivity contribution in [2.75, 3.05) is 63.6 Å². The lowest BCUT2D eigenvalue weighted by molar-refractivity contribution is 0.132. The molecular weight excluding hydrogens is 404 g/mol. The fourth-order valence-electron chi connectivity index (χ4n) is 4.06. The Hall–Kier alpha value is -2.91. The highest BCUT2D eigenvalue weighted by Crippen LogP contribution is 2.26. The second-order valence-electron chi connectivity index (χ2n) is 8.22. The van der Waals surface area contributed by atoms with Gasteiger partial charge in [0.15, 0.2) is 5.65 Å². The molecule has 0 atom stereocenters. The number of hydrogen-bond acceptors (Lipinski definition) is 8. The molecule has 0 amide bonds. The van der Waals surface area contributed by atoms with Crippen LogP contribution in [0.5, 0.6) is 5.75 Å². The first-order valence-corrected chi connectivity index (χ1v) is 11.5. The van der Waals surface area contributed by atoms with Crippen molar-refractivity contribution < 1.29 is 4.74 Å². The molecule has 4 rings (SSSR count). The Bertz CT molecular complexity index is 995. The first-order chi connectivity index (χ1) is 15.7. The molecule has 1 aromatic carbocycles. The van der Waals surface area contributed by atoms with Crippen LogP contribution in [0.25, 0.3) is 11.0 Å². The SMILES string of the molecule is CCCN1CCN(CCCNc2nc(Nc3ccc(OC)cc3)c3cnn(C)c3n2)CC1. The fraction of sp³-hybridized carbons (Fsp3) is 0.522. The number of nitrogens with one attached hydrogen (secondary N) is 2. The van der Waals surface area contributed by atoms with Crippen molar-refractivity contribution in [1.82, 2.24) is 29.5 Å². The smallest absolute Gasteiger partial charge is 0.226 e. The summed E-state index contributed by atoms with van der Waals surface area (Å²) in [7, 11) is 3.56. The molecule has 9 heteroatoms. The predicted molar refractivity (Wildman–Crippen MR) is 129 cm³/mol. The molecule has 1 saturated heterocycles. The number of hydrogen-bond donors (Lipinski definition) is 2. The minimum atomic E-state index is 0.616. The van der Waals surface area contributed by atoms with E-state index in [2.05, 4.69) is 37.4 Å². The minimum Gasteiger partial charge on any atom is -0.497 e. The Morgan fingerprint density at radius 3 is 2.41 bits per heavy atom. The summed E-state index contributed by atoms with van der Waals surface area (Å²) in [6.07, 6.45) is 4.09. The van der Waals surface area contributed by atoms with Gasteiger partial charge in [0.1, 0.15) is 11.6 Å². The summed E-state index contributed by atoms with van der Waals surface area (Å²) in [5.41, 5.74) is 1.73. The van der Waals surface area contributed by atoms with Crippen LogP contribution in [0.15, 0.2) is 30.5 Å². The number of benzene rings is 1. The molecule has 1 fully saturated rings. The zero-order valence-corrected chi connectivity index (χ0v) is 19.3. The van der Waals surface area contributed by atoms with Crippen LogP contribution in [-0.2, 0) is 7.05 Å². The Kier molecular flexibility index (Phi) is 7.39. The molecule has 0 aliphatic carbocycles. The Labute approximate surface area is 189 Å². The summed E-state index contributed by atoms with van der Waals surface area (Å²) in [6.45, 7) is 10.1. The van der Waals surface area contributed by atoms with Crippen LogP contribution in [0.1, 0.15) is 19.8 Å². The lowest BCUT2D eigenvalue weighted by Crippen LogP contribution is -2.46. The van der Waals surface area contributed by atoms with Crippen LogP contribution < -0.4 is 15.4 Å². The standard InChI is InChI=1S/C23H34N8O/c1-4-11-30-13-15-31(16-14-30)12-5-10-24-23-27-21(20-17-25-29(2)22(20)28-23)26-18-6-8-19(32-3)9-7-18/h6-9,17H,4-5,10-16H2,1-3H3,(H2,24,26,27,28). The van der Waals surface area contributed by atoms with E-state index in [0.717, 1.165) is 60.9 Å². The number of ether oxygens (including phenoxy) is 1. The summed E-state index contributed by atoms with van der Waals surface area (Å²) in [4.78, 5) is 14.5. The van der Waals surface area contributed by atoms with Crippen LogP contribution in [0.4, 0.5) is 17.5 Å². The lowest BCUT2D eigenvalue weighted by atomic mass is 10.2. The first-order valence-electron chi connectivity index (χ1n) is 11.5. The van der Waals surface area contributed by atoms with E-state index in [9.17, 15) is 0 Å². The topological polar surface area (TPSA) is 83.4 Å². The van der Waals surface area contributed by atoms with Crippen LogP contribution in [0.3, 0.4) is 0 Å². The molecule has 0 saturated carbocycles. The van der Waals surface area contributed by atoms with Crippen molar-refractivity contribution in [3.8, 4) is 5.75 Å². The van der Waals surface area contributed by atoms with Gasteiger partial charge in [0.25, 0.3) is 0 Å². The van der Waals surface area contributed by atoms with E-state index in [1.807, 2.05) is 31.3 Å². The third-order valence-corrected chi connectivity index (χ3v) is 5.88. The van der Waals surface area contributed by atoms with Gasteiger partial charge in [0.2, 0.25) is 5.95 Å². The first kappa shape index (κ1) is 22.3. The van der Waals surface area contributed by atoms with Crippen molar-refractivity contribution in [3.05, 3.63) is 30.5 Å². The molecule has 0 radical (unpaired) electrons. The number of nitrogens with zero attached hydrogens (tertiary/aromatic N) is 6. The highest BCUT2D eigenvalue weighted by molar-refractivity contribution is 5.89. The molecule has 3 heterocycles. The van der Waals surface area contributed by atoms with E-state index in [4.69, 9.17) is 9.72 Å². The molecule has 1 aliphatic heterocycles. The largest absolute Gasteiger partial charge is 0.497 e. The number of piperazine rings is 1. The van der Waals surface area contributed by atoms with E-state index < -0.39 is 0 Å².